The van der Waals surface area contributed by atoms with Crippen LogP contribution in [0.4, 0.5) is 4.79 Å². The molecule has 8 heteroatoms. The molecule has 0 spiro atoms. The lowest BCUT2D eigenvalue weighted by Crippen LogP contribution is -2.46. The Labute approximate surface area is 193 Å². The lowest BCUT2D eigenvalue weighted by atomic mass is 9.94. The number of hydrogen-bond donors (Lipinski definition) is 3. The van der Waals surface area contributed by atoms with Gasteiger partial charge < -0.3 is 25.2 Å². The average molecular weight is 455 g/mol. The van der Waals surface area contributed by atoms with Gasteiger partial charge in [-0.1, -0.05) is 62.4 Å². The Morgan fingerprint density at radius 2 is 1.61 bits per heavy atom. The Balaban J connectivity index is 1.61. The summed E-state index contributed by atoms with van der Waals surface area (Å²) in [6, 6.07) is 16.1. The number of aliphatic carboxylic acids is 1. The van der Waals surface area contributed by atoms with Crippen molar-refractivity contribution in [1.82, 2.24) is 10.2 Å². The van der Waals surface area contributed by atoms with Gasteiger partial charge in [0, 0.05) is 19.0 Å². The molecule has 2 amide bonds. The van der Waals surface area contributed by atoms with E-state index in [4.69, 9.17) is 9.84 Å². The molecule has 33 heavy (non-hydrogen) atoms. The summed E-state index contributed by atoms with van der Waals surface area (Å²) in [6.45, 7) is 2.88. The topological polar surface area (TPSA) is 116 Å². The number of carbonyl (C=O) groups is 3. The molecule has 0 radical (unpaired) electrons. The van der Waals surface area contributed by atoms with Crippen molar-refractivity contribution in [2.24, 2.45) is 11.8 Å². The highest BCUT2D eigenvalue weighted by Gasteiger charge is 2.31. The molecule has 3 rings (SSSR count). The predicted molar refractivity (Wildman–Crippen MR) is 123 cm³/mol. The van der Waals surface area contributed by atoms with Crippen molar-refractivity contribution in [3.63, 3.8) is 0 Å². The van der Waals surface area contributed by atoms with E-state index >= 15 is 0 Å². The summed E-state index contributed by atoms with van der Waals surface area (Å²) in [7, 11) is 0. The monoisotopic (exact) mass is 454 g/mol. The Bertz CT molecular complexity index is 960. The van der Waals surface area contributed by atoms with Gasteiger partial charge in [-0.05, 0) is 28.2 Å². The van der Waals surface area contributed by atoms with E-state index in [1.54, 1.807) is 0 Å². The number of carbonyl (C=O) groups excluding carboxylic acids is 2. The standard InChI is InChI=1S/C25H30N2O6/c1-16(2)21(24(31)27(11-12-28)14-23(29)30)13-26-25(32)33-15-22-19-9-5-3-7-17(19)18-8-4-6-10-20(18)22/h3-10,16,21-22,28H,11-15H2,1-2H3,(H,26,32)(H,29,30). The largest absolute Gasteiger partial charge is 0.480 e. The Kier molecular flexibility index (Phi) is 8.06. The first kappa shape index (κ1) is 24.3. The van der Waals surface area contributed by atoms with Crippen molar-refractivity contribution in [3.05, 3.63) is 59.7 Å². The number of rotatable bonds is 10. The van der Waals surface area contributed by atoms with Gasteiger partial charge in [-0.25, -0.2) is 4.79 Å². The number of hydrogen-bond acceptors (Lipinski definition) is 5. The van der Waals surface area contributed by atoms with E-state index < -0.39 is 30.4 Å². The van der Waals surface area contributed by atoms with Crippen LogP contribution in [0.2, 0.25) is 0 Å². The van der Waals surface area contributed by atoms with Gasteiger partial charge >= 0.3 is 12.1 Å². The van der Waals surface area contributed by atoms with Gasteiger partial charge in [0.25, 0.3) is 0 Å². The summed E-state index contributed by atoms with van der Waals surface area (Å²) < 4.78 is 5.51. The van der Waals surface area contributed by atoms with Crippen molar-refractivity contribution < 1.29 is 29.3 Å². The van der Waals surface area contributed by atoms with Gasteiger partial charge in [0.05, 0.1) is 12.5 Å². The van der Waals surface area contributed by atoms with Crippen LogP contribution >= 0.6 is 0 Å². The van der Waals surface area contributed by atoms with Gasteiger partial charge in [-0.3, -0.25) is 9.59 Å². The third-order valence-electron chi connectivity index (χ3n) is 5.94. The summed E-state index contributed by atoms with van der Waals surface area (Å²) in [5.41, 5.74) is 4.48. The second kappa shape index (κ2) is 11.0. The minimum Gasteiger partial charge on any atom is -0.480 e. The second-order valence-corrected chi connectivity index (χ2v) is 8.43. The normalized spacial score (nSPS) is 13.2. The number of aliphatic hydroxyl groups is 1. The maximum absolute atomic E-state index is 12.8. The van der Waals surface area contributed by atoms with Gasteiger partial charge in [0.15, 0.2) is 0 Å². The Morgan fingerprint density at radius 1 is 1.03 bits per heavy atom. The van der Waals surface area contributed by atoms with Crippen molar-refractivity contribution in [1.29, 1.82) is 0 Å². The van der Waals surface area contributed by atoms with E-state index in [2.05, 4.69) is 17.4 Å². The van der Waals surface area contributed by atoms with Crippen LogP contribution in [0.5, 0.6) is 0 Å². The molecule has 1 atom stereocenters. The number of alkyl carbamates (subject to hydrolysis) is 1. The molecule has 0 aromatic heterocycles. The number of carboxylic acid groups (broad SMARTS) is 1. The molecule has 3 N–H and O–H groups in total. The summed E-state index contributed by atoms with van der Waals surface area (Å²) in [5.74, 6) is -2.46. The maximum atomic E-state index is 12.8. The number of amides is 2. The van der Waals surface area contributed by atoms with Crippen LogP contribution < -0.4 is 5.32 Å². The Morgan fingerprint density at radius 3 is 2.12 bits per heavy atom. The van der Waals surface area contributed by atoms with Crippen LogP contribution in [-0.4, -0.2) is 65.9 Å². The minimum atomic E-state index is -1.16. The number of aliphatic hydroxyl groups excluding tert-OH is 1. The molecular formula is C25H30N2O6. The molecule has 0 heterocycles. The first-order chi connectivity index (χ1) is 15.8. The van der Waals surface area contributed by atoms with Gasteiger partial charge in [-0.15, -0.1) is 0 Å². The quantitative estimate of drug-likeness (QED) is 0.508. The fraction of sp³-hybridized carbons (Fsp3) is 0.400. The van der Waals surface area contributed by atoms with E-state index in [-0.39, 0.29) is 38.1 Å². The lowest BCUT2D eigenvalue weighted by Gasteiger charge is -2.28. The fourth-order valence-electron chi connectivity index (χ4n) is 4.24. The molecule has 2 aromatic carbocycles. The van der Waals surface area contributed by atoms with Gasteiger partial charge in [0.2, 0.25) is 5.91 Å². The Hall–Kier alpha value is -3.39. The number of carboxylic acids is 1. The molecule has 2 aromatic rings. The van der Waals surface area contributed by atoms with Crippen molar-refractivity contribution in [2.45, 2.75) is 19.8 Å². The van der Waals surface area contributed by atoms with Crippen LogP contribution in [-0.2, 0) is 14.3 Å². The number of nitrogens with one attached hydrogen (secondary N) is 1. The molecule has 8 nitrogen and oxygen atoms in total. The van der Waals surface area contributed by atoms with Crippen LogP contribution in [0.25, 0.3) is 11.1 Å². The van der Waals surface area contributed by atoms with Crippen molar-refractivity contribution in [3.8, 4) is 11.1 Å². The first-order valence-corrected chi connectivity index (χ1v) is 11.0. The zero-order valence-corrected chi connectivity index (χ0v) is 18.9. The smallest absolute Gasteiger partial charge is 0.407 e. The van der Waals surface area contributed by atoms with Crippen molar-refractivity contribution in [2.75, 3.05) is 32.8 Å². The number of nitrogens with zero attached hydrogens (tertiary/aromatic N) is 1. The second-order valence-electron chi connectivity index (χ2n) is 8.43. The number of ether oxygens (including phenoxy) is 1. The lowest BCUT2D eigenvalue weighted by molar-refractivity contribution is -0.147. The molecular weight excluding hydrogens is 424 g/mol. The van der Waals surface area contributed by atoms with E-state index in [1.807, 2.05) is 50.2 Å². The molecule has 0 saturated carbocycles. The molecule has 0 aliphatic heterocycles. The maximum Gasteiger partial charge on any atom is 0.407 e. The van der Waals surface area contributed by atoms with Gasteiger partial charge in [0.1, 0.15) is 13.2 Å². The highest BCUT2D eigenvalue weighted by Crippen LogP contribution is 2.44. The third kappa shape index (κ3) is 5.70. The molecule has 1 unspecified atom stereocenters. The summed E-state index contributed by atoms with van der Waals surface area (Å²) in [5, 5.41) is 20.9. The summed E-state index contributed by atoms with van der Waals surface area (Å²) in [4.78, 5) is 37.4. The van der Waals surface area contributed by atoms with Crippen LogP contribution in [0.15, 0.2) is 48.5 Å². The van der Waals surface area contributed by atoms with E-state index in [0.29, 0.717) is 0 Å². The molecule has 0 saturated heterocycles. The molecule has 1 aliphatic rings. The van der Waals surface area contributed by atoms with Crippen molar-refractivity contribution >= 4 is 18.0 Å². The zero-order valence-electron chi connectivity index (χ0n) is 18.9. The van der Waals surface area contributed by atoms with E-state index in [9.17, 15) is 19.5 Å². The third-order valence-corrected chi connectivity index (χ3v) is 5.94. The zero-order chi connectivity index (χ0) is 24.0. The van der Waals surface area contributed by atoms with E-state index in [0.717, 1.165) is 27.2 Å². The molecule has 0 fully saturated rings. The number of fused-ring (bicyclic) bond motifs is 3. The highest BCUT2D eigenvalue weighted by molar-refractivity contribution is 5.84. The first-order valence-electron chi connectivity index (χ1n) is 11.0. The fourth-order valence-corrected chi connectivity index (χ4v) is 4.24. The molecule has 1 aliphatic carbocycles. The molecule has 0 bridgehead atoms. The number of benzene rings is 2. The predicted octanol–water partition coefficient (Wildman–Crippen LogP) is 2.70. The van der Waals surface area contributed by atoms with E-state index in [1.165, 1.54) is 0 Å². The minimum absolute atomic E-state index is 0.00865. The van der Waals surface area contributed by atoms with Crippen LogP contribution in [0.3, 0.4) is 0 Å². The summed E-state index contributed by atoms with van der Waals surface area (Å²) >= 11 is 0. The highest BCUT2D eigenvalue weighted by atomic mass is 16.5. The average Bonchev–Trinajstić information content (AvgIpc) is 3.10. The SMILES string of the molecule is CC(C)C(CNC(=O)OCC1c2ccccc2-c2ccccc21)C(=O)N(CCO)CC(=O)O. The summed E-state index contributed by atoms with van der Waals surface area (Å²) in [6.07, 6.45) is -0.637. The van der Waals surface area contributed by atoms with Crippen LogP contribution in [0, 0.1) is 11.8 Å². The van der Waals surface area contributed by atoms with Gasteiger partial charge in [-0.2, -0.15) is 0 Å². The van der Waals surface area contributed by atoms with Crippen LogP contribution in [0.1, 0.15) is 30.9 Å². The molecule has 176 valence electrons.